The lowest BCUT2D eigenvalue weighted by Crippen LogP contribution is -2.23. The lowest BCUT2D eigenvalue weighted by Gasteiger charge is -2.17. The molecule has 0 radical (unpaired) electrons. The molecule has 4 N–H and O–H groups in total. The van der Waals surface area contributed by atoms with Gasteiger partial charge < -0.3 is 25.8 Å². The van der Waals surface area contributed by atoms with E-state index >= 15 is 0 Å². The summed E-state index contributed by atoms with van der Waals surface area (Å²) in [6.07, 6.45) is 0.947. The third-order valence-electron chi connectivity index (χ3n) is 3.40. The predicted octanol–water partition coefficient (Wildman–Crippen LogP) is 0.831. The van der Waals surface area contributed by atoms with Crippen molar-refractivity contribution in [3.8, 4) is 0 Å². The van der Waals surface area contributed by atoms with E-state index in [-0.39, 0.29) is 28.8 Å². The van der Waals surface area contributed by atoms with Crippen LogP contribution in [-0.4, -0.2) is 44.8 Å². The van der Waals surface area contributed by atoms with Crippen molar-refractivity contribution < 1.29 is 19.1 Å². The fourth-order valence-corrected chi connectivity index (χ4v) is 3.44. The molecule has 8 heteroatoms. The zero-order valence-corrected chi connectivity index (χ0v) is 12.9. The largest absolute Gasteiger partial charge is 0.462 e. The van der Waals surface area contributed by atoms with Gasteiger partial charge in [0.15, 0.2) is 0 Å². The van der Waals surface area contributed by atoms with Gasteiger partial charge in [-0.1, -0.05) is 0 Å². The average molecular weight is 313 g/mol. The molecule has 0 bridgehead atoms. The molecule has 1 aromatic heterocycles. The summed E-state index contributed by atoms with van der Waals surface area (Å²) in [6.45, 7) is 3.32. The van der Waals surface area contributed by atoms with E-state index in [2.05, 4.69) is 0 Å². The van der Waals surface area contributed by atoms with Crippen molar-refractivity contribution in [2.45, 2.75) is 19.4 Å². The van der Waals surface area contributed by atoms with Crippen LogP contribution in [0, 0.1) is 0 Å². The Bertz CT molecular complexity index is 558. The Morgan fingerprint density at radius 3 is 2.71 bits per heavy atom. The fraction of sp³-hybridized carbons (Fsp3) is 0.538. The lowest BCUT2D eigenvalue weighted by atomic mass is 10.2. The molecule has 1 saturated heterocycles. The third kappa shape index (κ3) is 2.96. The first-order valence-electron chi connectivity index (χ1n) is 6.66. The van der Waals surface area contributed by atoms with Gasteiger partial charge in [-0.25, -0.2) is 4.79 Å². The summed E-state index contributed by atoms with van der Waals surface area (Å²) in [5.41, 5.74) is 11.6. The number of hydrogen-bond donors (Lipinski definition) is 2. The molecule has 1 aromatic rings. The van der Waals surface area contributed by atoms with Gasteiger partial charge >= 0.3 is 5.97 Å². The van der Waals surface area contributed by atoms with Crippen molar-refractivity contribution in [1.82, 2.24) is 0 Å². The number of nitrogen functional groups attached to an aromatic ring is 1. The lowest BCUT2D eigenvalue weighted by molar-refractivity contribution is 0.0528. The van der Waals surface area contributed by atoms with Gasteiger partial charge in [0.2, 0.25) is 0 Å². The number of primary amides is 1. The van der Waals surface area contributed by atoms with Crippen LogP contribution in [0.2, 0.25) is 0 Å². The summed E-state index contributed by atoms with van der Waals surface area (Å²) < 4.78 is 10.4. The van der Waals surface area contributed by atoms with Crippen molar-refractivity contribution in [2.24, 2.45) is 5.73 Å². The Balaban J connectivity index is 2.41. The minimum absolute atomic E-state index is 0.0976. The monoisotopic (exact) mass is 313 g/mol. The molecular formula is C13H19N3O4S. The average Bonchev–Trinajstić information content (AvgIpc) is 3.02. The van der Waals surface area contributed by atoms with Crippen molar-refractivity contribution >= 4 is 33.9 Å². The van der Waals surface area contributed by atoms with E-state index in [0.717, 1.165) is 24.3 Å². The normalized spacial score (nSPS) is 18.0. The molecule has 1 atom stereocenters. The summed E-state index contributed by atoms with van der Waals surface area (Å²) in [7, 11) is 1.65. The number of carbonyl (C=O) groups excluding carboxylic acids is 2. The van der Waals surface area contributed by atoms with Crippen LogP contribution in [0.5, 0.6) is 0 Å². The Kier molecular flexibility index (Phi) is 4.69. The number of methoxy groups -OCH3 is 1. The molecule has 7 nitrogen and oxygen atoms in total. The maximum Gasteiger partial charge on any atom is 0.343 e. The molecular weight excluding hydrogens is 294 g/mol. The predicted molar refractivity (Wildman–Crippen MR) is 80.8 cm³/mol. The second-order valence-electron chi connectivity index (χ2n) is 4.70. The number of nitrogens with zero attached hydrogens (tertiary/aromatic N) is 1. The highest BCUT2D eigenvalue weighted by molar-refractivity contribution is 7.19. The van der Waals surface area contributed by atoms with Crippen LogP contribution in [-0.2, 0) is 9.47 Å². The summed E-state index contributed by atoms with van der Waals surface area (Å²) in [6, 6.07) is 0. The smallest absolute Gasteiger partial charge is 0.343 e. The first-order valence-corrected chi connectivity index (χ1v) is 7.48. The minimum atomic E-state index is -0.642. The number of hydrogen-bond acceptors (Lipinski definition) is 7. The second kappa shape index (κ2) is 6.31. The molecule has 0 saturated carbocycles. The van der Waals surface area contributed by atoms with E-state index in [4.69, 9.17) is 20.9 Å². The number of thiophene rings is 1. The van der Waals surface area contributed by atoms with Gasteiger partial charge in [-0.15, -0.1) is 11.3 Å². The van der Waals surface area contributed by atoms with E-state index in [1.165, 1.54) is 0 Å². The number of amides is 1. The van der Waals surface area contributed by atoms with Gasteiger partial charge in [-0.3, -0.25) is 4.79 Å². The van der Waals surface area contributed by atoms with Crippen molar-refractivity contribution in [3.63, 3.8) is 0 Å². The highest BCUT2D eigenvalue weighted by atomic mass is 32.1. The van der Waals surface area contributed by atoms with E-state index in [1.807, 2.05) is 4.90 Å². The van der Waals surface area contributed by atoms with E-state index in [9.17, 15) is 9.59 Å². The topological polar surface area (TPSA) is 108 Å². The standard InChI is InChI=1S/C13H19N3O4S/c1-3-20-13(18)8-9(14)10(11(15)17)21-12(8)16-5-4-7(6-16)19-2/h7H,3-6,14H2,1-2H3,(H2,15,17). The minimum Gasteiger partial charge on any atom is -0.462 e. The number of rotatable bonds is 5. The number of anilines is 2. The molecule has 2 heterocycles. The van der Waals surface area contributed by atoms with Gasteiger partial charge in [0, 0.05) is 20.2 Å². The molecule has 116 valence electrons. The summed E-state index contributed by atoms with van der Waals surface area (Å²) in [4.78, 5) is 25.8. The second-order valence-corrected chi connectivity index (χ2v) is 5.70. The van der Waals surface area contributed by atoms with E-state index in [1.54, 1.807) is 14.0 Å². The van der Waals surface area contributed by atoms with Gasteiger partial charge in [-0.2, -0.15) is 0 Å². The molecule has 0 spiro atoms. The van der Waals surface area contributed by atoms with Crippen LogP contribution in [0.25, 0.3) is 0 Å². The first kappa shape index (κ1) is 15.6. The molecule has 2 rings (SSSR count). The zero-order valence-electron chi connectivity index (χ0n) is 12.0. The third-order valence-corrected chi connectivity index (χ3v) is 4.68. The van der Waals surface area contributed by atoms with Crippen molar-refractivity contribution in [3.05, 3.63) is 10.4 Å². The van der Waals surface area contributed by atoms with Crippen LogP contribution in [0.4, 0.5) is 10.7 Å². The maximum atomic E-state index is 12.1. The Morgan fingerprint density at radius 2 is 2.19 bits per heavy atom. The number of nitrogens with two attached hydrogens (primary N) is 2. The molecule has 21 heavy (non-hydrogen) atoms. The van der Waals surface area contributed by atoms with Gasteiger partial charge in [-0.05, 0) is 13.3 Å². The Labute approximate surface area is 126 Å². The van der Waals surface area contributed by atoms with Crippen LogP contribution < -0.4 is 16.4 Å². The molecule has 1 amide bonds. The summed E-state index contributed by atoms with van der Waals surface area (Å²) in [5, 5.41) is 0.624. The molecule has 1 aliphatic rings. The van der Waals surface area contributed by atoms with Crippen molar-refractivity contribution in [2.75, 3.05) is 37.4 Å². The van der Waals surface area contributed by atoms with Crippen LogP contribution >= 0.6 is 11.3 Å². The Hall–Kier alpha value is -1.80. The quantitative estimate of drug-likeness (QED) is 0.780. The first-order chi connectivity index (χ1) is 9.99. The summed E-state index contributed by atoms with van der Waals surface area (Å²) in [5.74, 6) is -1.17. The molecule has 1 unspecified atom stereocenters. The van der Waals surface area contributed by atoms with Gasteiger partial charge in [0.1, 0.15) is 15.4 Å². The SMILES string of the molecule is CCOC(=O)c1c(N2CCC(OC)C2)sc(C(N)=O)c1N. The van der Waals surface area contributed by atoms with E-state index < -0.39 is 11.9 Å². The zero-order chi connectivity index (χ0) is 15.6. The maximum absolute atomic E-state index is 12.1. The van der Waals surface area contributed by atoms with Crippen molar-refractivity contribution in [1.29, 1.82) is 0 Å². The highest BCUT2D eigenvalue weighted by Crippen LogP contribution is 2.40. The number of ether oxygens (including phenoxy) is 2. The Morgan fingerprint density at radius 1 is 1.48 bits per heavy atom. The highest BCUT2D eigenvalue weighted by Gasteiger charge is 2.32. The van der Waals surface area contributed by atoms with Gasteiger partial charge in [0.05, 0.1) is 18.4 Å². The van der Waals surface area contributed by atoms with Crippen LogP contribution in [0.15, 0.2) is 0 Å². The summed E-state index contributed by atoms with van der Waals surface area (Å²) >= 11 is 1.13. The van der Waals surface area contributed by atoms with Gasteiger partial charge in [0.25, 0.3) is 5.91 Å². The molecule has 0 aromatic carbocycles. The molecule has 1 fully saturated rings. The molecule has 0 aliphatic carbocycles. The van der Waals surface area contributed by atoms with E-state index in [0.29, 0.717) is 11.5 Å². The fourth-order valence-electron chi connectivity index (χ4n) is 2.34. The van der Waals surface area contributed by atoms with Crippen LogP contribution in [0.1, 0.15) is 33.4 Å². The van der Waals surface area contributed by atoms with Crippen LogP contribution in [0.3, 0.4) is 0 Å². The number of carbonyl (C=O) groups is 2. The number of esters is 1. The molecule has 1 aliphatic heterocycles.